The maximum absolute atomic E-state index is 13.9. The number of amides is 4. The third kappa shape index (κ3) is 15.3. The average molecular weight is 698 g/mol. The lowest BCUT2D eigenvalue weighted by Crippen LogP contribution is -2.58. The minimum atomic E-state index is -1.37. The van der Waals surface area contributed by atoms with Gasteiger partial charge in [-0.2, -0.15) is 0 Å². The number of rotatable bonds is 22. The number of benzene rings is 3. The Hall–Kier alpha value is -4.80. The maximum atomic E-state index is 13.9. The Balaban J connectivity index is 1.78. The lowest BCUT2D eigenvalue weighted by atomic mass is 9.92. The van der Waals surface area contributed by atoms with Crippen molar-refractivity contribution in [2.45, 2.75) is 89.4 Å². The third-order valence-corrected chi connectivity index (χ3v) is 8.83. The summed E-state index contributed by atoms with van der Waals surface area (Å²) in [5.74, 6) is -2.83. The van der Waals surface area contributed by atoms with E-state index in [2.05, 4.69) is 76.6 Å². The minimum absolute atomic E-state index is 0.302. The zero-order chi connectivity index (χ0) is 37.0. The van der Waals surface area contributed by atoms with Crippen LogP contribution in [0.1, 0.15) is 62.6 Å². The number of hydrogen-bond acceptors (Lipinski definition) is 6. The molecule has 0 aromatic heterocycles. The molecule has 0 fully saturated rings. The van der Waals surface area contributed by atoms with Crippen LogP contribution in [0.4, 0.5) is 0 Å². The normalized spacial score (nSPS) is 13.8. The summed E-state index contributed by atoms with van der Waals surface area (Å²) in [5, 5.41) is 17.5. The second-order valence-corrected chi connectivity index (χ2v) is 13.5. The van der Waals surface area contributed by atoms with Crippen molar-refractivity contribution >= 4 is 23.6 Å². The second-order valence-electron chi connectivity index (χ2n) is 13.5. The molecule has 0 heterocycles. The van der Waals surface area contributed by atoms with E-state index in [9.17, 15) is 24.3 Å². The zero-order valence-electron chi connectivity index (χ0n) is 29.9. The summed E-state index contributed by atoms with van der Waals surface area (Å²) in [6.45, 7) is 2.95. The number of hydrogen-bond donors (Lipinski definition) is 6. The number of carbonyl (C=O) groups excluding carboxylic acids is 4. The van der Waals surface area contributed by atoms with Crippen LogP contribution >= 0.6 is 0 Å². The highest BCUT2D eigenvalue weighted by molar-refractivity contribution is 5.95. The highest BCUT2D eigenvalue weighted by atomic mass is 16.3. The molecular weight excluding hydrogens is 642 g/mol. The Morgan fingerprint density at radius 3 is 1.67 bits per heavy atom. The van der Waals surface area contributed by atoms with Gasteiger partial charge >= 0.3 is 0 Å². The smallest absolute Gasteiger partial charge is 0.243 e. The third-order valence-electron chi connectivity index (χ3n) is 8.83. The number of aliphatic hydroxyl groups excluding tert-OH is 1. The van der Waals surface area contributed by atoms with Gasteiger partial charge in [0.1, 0.15) is 18.1 Å². The number of carbonyl (C=O) groups is 4. The first-order valence-corrected chi connectivity index (χ1v) is 17.9. The Labute approximate surface area is 302 Å². The number of allylic oxidation sites excluding steroid dienone is 1. The van der Waals surface area contributed by atoms with Crippen molar-refractivity contribution in [3.63, 3.8) is 0 Å². The monoisotopic (exact) mass is 697 g/mol. The van der Waals surface area contributed by atoms with E-state index in [1.165, 1.54) is 11.1 Å². The molecule has 0 aliphatic carbocycles. The van der Waals surface area contributed by atoms with Crippen LogP contribution in [0.15, 0.2) is 103 Å². The fraction of sp³-hybridized carbons (Fsp3) is 0.415. The largest absolute Gasteiger partial charge is 0.394 e. The van der Waals surface area contributed by atoms with E-state index in [4.69, 9.17) is 11.5 Å². The molecule has 0 aliphatic heterocycles. The van der Waals surface area contributed by atoms with E-state index < -0.39 is 54.8 Å². The fourth-order valence-corrected chi connectivity index (χ4v) is 5.92. The molecule has 51 heavy (non-hydrogen) atoms. The van der Waals surface area contributed by atoms with Gasteiger partial charge in [0.05, 0.1) is 19.1 Å². The molecule has 3 aromatic carbocycles. The van der Waals surface area contributed by atoms with Crippen molar-refractivity contribution < 1.29 is 24.3 Å². The molecule has 0 saturated carbocycles. The van der Waals surface area contributed by atoms with Gasteiger partial charge in [0.15, 0.2) is 0 Å². The van der Waals surface area contributed by atoms with Crippen LogP contribution in [-0.2, 0) is 38.4 Å². The summed E-state index contributed by atoms with van der Waals surface area (Å²) in [4.78, 5) is 51.2. The lowest BCUT2D eigenvalue weighted by Gasteiger charge is -2.27. The van der Waals surface area contributed by atoms with Crippen LogP contribution in [0.25, 0.3) is 0 Å². The van der Waals surface area contributed by atoms with Gasteiger partial charge in [0.2, 0.25) is 23.6 Å². The summed E-state index contributed by atoms with van der Waals surface area (Å²) in [6, 6.07) is 26.8. The van der Waals surface area contributed by atoms with Crippen LogP contribution in [0, 0.1) is 11.8 Å². The van der Waals surface area contributed by atoms with E-state index in [-0.39, 0.29) is 12.0 Å². The molecule has 4 atom stereocenters. The van der Waals surface area contributed by atoms with Gasteiger partial charge in [-0.3, -0.25) is 19.2 Å². The molecule has 3 rings (SSSR count). The van der Waals surface area contributed by atoms with Gasteiger partial charge in [-0.05, 0) is 73.5 Å². The number of aliphatic hydroxyl groups is 1. The molecule has 274 valence electrons. The quantitative estimate of drug-likeness (QED) is 0.0872. The summed E-state index contributed by atoms with van der Waals surface area (Å²) in [5.41, 5.74) is 14.6. The molecule has 0 bridgehead atoms. The molecular formula is C41H55N5O5. The molecule has 4 amide bonds. The van der Waals surface area contributed by atoms with Crippen LogP contribution in [0.5, 0.6) is 0 Å². The predicted octanol–water partition coefficient (Wildman–Crippen LogP) is 3.75. The predicted molar refractivity (Wildman–Crippen MR) is 201 cm³/mol. The number of nitrogens with one attached hydrogen (secondary N) is 3. The first-order valence-electron chi connectivity index (χ1n) is 17.9. The SMILES string of the molecule is CC(C)[C@H](NC(=O)[C@H](CC(N)=O)NC(=O)[C@@H](N)CO)C(=O)NC(C=CC(CCCc1ccccc1)CCCc1ccccc1)Cc1ccccc1. The van der Waals surface area contributed by atoms with Gasteiger partial charge in [0.25, 0.3) is 0 Å². The molecule has 8 N–H and O–H groups in total. The zero-order valence-corrected chi connectivity index (χ0v) is 29.9. The van der Waals surface area contributed by atoms with Crippen molar-refractivity contribution in [2.24, 2.45) is 23.3 Å². The first-order chi connectivity index (χ1) is 24.5. The minimum Gasteiger partial charge on any atom is -0.394 e. The van der Waals surface area contributed by atoms with Crippen LogP contribution in [-0.4, -0.2) is 59.5 Å². The Morgan fingerprint density at radius 1 is 0.686 bits per heavy atom. The van der Waals surface area contributed by atoms with Crippen LogP contribution in [0.3, 0.4) is 0 Å². The van der Waals surface area contributed by atoms with Gasteiger partial charge in [0, 0.05) is 0 Å². The molecule has 0 saturated heterocycles. The van der Waals surface area contributed by atoms with E-state index in [0.717, 1.165) is 44.1 Å². The van der Waals surface area contributed by atoms with Crippen molar-refractivity contribution in [3.05, 3.63) is 120 Å². The molecule has 0 radical (unpaired) electrons. The second kappa shape index (κ2) is 22.1. The summed E-state index contributed by atoms with van der Waals surface area (Å²) in [6.07, 6.45) is 10.4. The van der Waals surface area contributed by atoms with Crippen molar-refractivity contribution in [2.75, 3.05) is 6.61 Å². The van der Waals surface area contributed by atoms with E-state index >= 15 is 0 Å². The Kier molecular flexibility index (Phi) is 17.6. The number of aryl methyl sites for hydroxylation is 2. The molecule has 1 unspecified atom stereocenters. The van der Waals surface area contributed by atoms with Crippen LogP contribution < -0.4 is 27.4 Å². The maximum Gasteiger partial charge on any atom is 0.243 e. The first kappa shape index (κ1) is 40.6. The highest BCUT2D eigenvalue weighted by Crippen LogP contribution is 2.20. The summed E-state index contributed by atoms with van der Waals surface area (Å²) >= 11 is 0. The molecule has 3 aromatic rings. The fourth-order valence-electron chi connectivity index (χ4n) is 5.92. The van der Waals surface area contributed by atoms with Crippen LogP contribution in [0.2, 0.25) is 0 Å². The van der Waals surface area contributed by atoms with E-state index in [1.807, 2.05) is 42.5 Å². The summed E-state index contributed by atoms with van der Waals surface area (Å²) in [7, 11) is 0. The van der Waals surface area contributed by atoms with E-state index in [1.54, 1.807) is 13.8 Å². The molecule has 0 spiro atoms. The van der Waals surface area contributed by atoms with Gasteiger partial charge < -0.3 is 32.5 Å². The lowest BCUT2D eigenvalue weighted by molar-refractivity contribution is -0.134. The number of nitrogens with two attached hydrogens (primary N) is 2. The number of primary amides is 1. The highest BCUT2D eigenvalue weighted by Gasteiger charge is 2.31. The molecule has 10 heteroatoms. The average Bonchev–Trinajstić information content (AvgIpc) is 3.12. The topological polar surface area (TPSA) is 177 Å². The van der Waals surface area contributed by atoms with Gasteiger partial charge in [-0.1, -0.05) is 117 Å². The van der Waals surface area contributed by atoms with Crippen molar-refractivity contribution in [1.82, 2.24) is 16.0 Å². The van der Waals surface area contributed by atoms with E-state index in [0.29, 0.717) is 12.3 Å². The van der Waals surface area contributed by atoms with Crippen molar-refractivity contribution in [1.29, 1.82) is 0 Å². The van der Waals surface area contributed by atoms with Gasteiger partial charge in [-0.15, -0.1) is 0 Å². The Bertz CT molecular complexity index is 1470. The van der Waals surface area contributed by atoms with Crippen molar-refractivity contribution in [3.8, 4) is 0 Å². The summed E-state index contributed by atoms with van der Waals surface area (Å²) < 4.78 is 0. The Morgan fingerprint density at radius 2 is 1.20 bits per heavy atom. The molecule has 10 nitrogen and oxygen atoms in total. The van der Waals surface area contributed by atoms with Gasteiger partial charge in [-0.25, -0.2) is 0 Å². The standard InChI is InChI=1S/C41H55N5O5/c1-29(2)38(46-40(50)36(27-37(43)48)45-39(49)35(42)28-47)41(51)44-34(26-33-18-10-5-11-19-33)25-24-32(22-12-20-30-14-6-3-7-15-30)23-13-21-31-16-8-4-9-17-31/h3-11,14-19,24-25,29,32,34-36,38,47H,12-13,20-23,26-28,42H2,1-2H3,(H2,43,48)(H,44,51)(H,45,49)(H,46,50)/t34?,35-,36-,38-/m0/s1. The molecule has 0 aliphatic rings.